The second kappa shape index (κ2) is 7.67. The molecule has 1 unspecified atom stereocenters. The molecule has 0 heterocycles. The van der Waals surface area contributed by atoms with Gasteiger partial charge in [0.2, 0.25) is 5.91 Å². The molecule has 1 rings (SSSR count). The first-order valence-corrected chi connectivity index (χ1v) is 7.71. The van der Waals surface area contributed by atoms with Gasteiger partial charge in [0.1, 0.15) is 5.25 Å². The van der Waals surface area contributed by atoms with Crippen LogP contribution >= 0.6 is 11.8 Å². The van der Waals surface area contributed by atoms with Gasteiger partial charge in [-0.3, -0.25) is 9.59 Å². The van der Waals surface area contributed by atoms with Crippen molar-refractivity contribution >= 4 is 23.6 Å². The highest BCUT2D eigenvalue weighted by molar-refractivity contribution is 8.01. The van der Waals surface area contributed by atoms with Gasteiger partial charge in [0.05, 0.1) is 5.75 Å². The van der Waals surface area contributed by atoms with Crippen molar-refractivity contribution in [2.75, 3.05) is 12.8 Å². The quantitative estimate of drug-likeness (QED) is 0.807. The molecule has 0 bridgehead atoms. The number of carboxylic acid groups (broad SMARTS) is 1. The van der Waals surface area contributed by atoms with E-state index >= 15 is 0 Å². The highest BCUT2D eigenvalue weighted by Gasteiger charge is 2.23. The van der Waals surface area contributed by atoms with Crippen molar-refractivity contribution in [3.05, 3.63) is 0 Å². The van der Waals surface area contributed by atoms with Crippen molar-refractivity contribution in [2.45, 2.75) is 56.7 Å². The van der Waals surface area contributed by atoms with E-state index in [9.17, 15) is 9.59 Å². The Hall–Kier alpha value is -0.710. The number of amides is 1. The van der Waals surface area contributed by atoms with Gasteiger partial charge < -0.3 is 10.0 Å². The van der Waals surface area contributed by atoms with E-state index in [4.69, 9.17) is 5.11 Å². The minimum atomic E-state index is -0.824. The average molecular weight is 273 g/mol. The normalized spacial score (nSPS) is 18.3. The summed E-state index contributed by atoms with van der Waals surface area (Å²) in [4.78, 5) is 24.7. The van der Waals surface area contributed by atoms with E-state index in [1.165, 1.54) is 31.0 Å². The van der Waals surface area contributed by atoms with Crippen LogP contribution in [-0.4, -0.2) is 46.0 Å². The molecule has 4 nitrogen and oxygen atoms in total. The lowest BCUT2D eigenvalue weighted by Gasteiger charge is -2.31. The summed E-state index contributed by atoms with van der Waals surface area (Å²) in [5.74, 6) is -0.486. The largest absolute Gasteiger partial charge is 0.480 e. The van der Waals surface area contributed by atoms with Crippen LogP contribution in [0.25, 0.3) is 0 Å². The molecule has 1 N–H and O–H groups in total. The highest BCUT2D eigenvalue weighted by Crippen LogP contribution is 2.23. The van der Waals surface area contributed by atoms with Crippen molar-refractivity contribution in [2.24, 2.45) is 0 Å². The van der Waals surface area contributed by atoms with Crippen LogP contribution in [0.1, 0.15) is 45.4 Å². The van der Waals surface area contributed by atoms with E-state index in [2.05, 4.69) is 0 Å². The number of carbonyl (C=O) groups excluding carboxylic acids is 1. The second-order valence-electron chi connectivity index (χ2n) is 4.84. The molecule has 104 valence electrons. The monoisotopic (exact) mass is 273 g/mol. The molecular formula is C13H23NO3S. The topological polar surface area (TPSA) is 57.6 Å². The van der Waals surface area contributed by atoms with E-state index < -0.39 is 11.2 Å². The summed E-state index contributed by atoms with van der Waals surface area (Å²) in [5.41, 5.74) is 0. The Morgan fingerprint density at radius 1 is 1.33 bits per heavy atom. The number of rotatable bonds is 6. The second-order valence-corrected chi connectivity index (χ2v) is 6.03. The third-order valence-corrected chi connectivity index (χ3v) is 4.92. The van der Waals surface area contributed by atoms with Gasteiger partial charge in [-0.05, 0) is 19.3 Å². The summed E-state index contributed by atoms with van der Waals surface area (Å²) in [7, 11) is 1.85. The molecule has 1 aliphatic rings. The fourth-order valence-corrected chi connectivity index (χ4v) is 3.24. The van der Waals surface area contributed by atoms with Gasteiger partial charge in [0.15, 0.2) is 0 Å². The zero-order chi connectivity index (χ0) is 13.5. The molecule has 0 saturated heterocycles. The smallest absolute Gasteiger partial charge is 0.316 e. The molecule has 0 aromatic rings. The number of thioether (sulfide) groups is 1. The van der Waals surface area contributed by atoms with Gasteiger partial charge in [-0.1, -0.05) is 26.2 Å². The maximum atomic E-state index is 12.0. The van der Waals surface area contributed by atoms with E-state index in [0.29, 0.717) is 12.5 Å². The van der Waals surface area contributed by atoms with Crippen LogP contribution in [0.15, 0.2) is 0 Å². The summed E-state index contributed by atoms with van der Waals surface area (Å²) < 4.78 is 0. The van der Waals surface area contributed by atoms with Gasteiger partial charge >= 0.3 is 5.97 Å². The predicted molar refractivity (Wildman–Crippen MR) is 73.8 cm³/mol. The van der Waals surface area contributed by atoms with E-state index in [1.54, 1.807) is 0 Å². The van der Waals surface area contributed by atoms with Crippen molar-refractivity contribution in [3.8, 4) is 0 Å². The minimum absolute atomic E-state index is 0.0617. The van der Waals surface area contributed by atoms with Crippen LogP contribution in [0.5, 0.6) is 0 Å². The van der Waals surface area contributed by atoms with Crippen LogP contribution in [0, 0.1) is 0 Å². The fraction of sp³-hybridized carbons (Fsp3) is 0.846. The van der Waals surface area contributed by atoms with Gasteiger partial charge in [0, 0.05) is 13.1 Å². The fourth-order valence-electron chi connectivity index (χ4n) is 2.31. The number of hydrogen-bond donors (Lipinski definition) is 1. The Kier molecular flexibility index (Phi) is 6.54. The molecule has 1 aliphatic carbocycles. The first-order valence-electron chi connectivity index (χ1n) is 6.66. The summed E-state index contributed by atoms with van der Waals surface area (Å²) in [6.07, 6.45) is 6.39. The van der Waals surface area contributed by atoms with Crippen LogP contribution in [0.2, 0.25) is 0 Å². The molecule has 0 aromatic heterocycles. The Balaban J connectivity index is 2.37. The Morgan fingerprint density at radius 2 is 1.94 bits per heavy atom. The summed E-state index contributed by atoms with van der Waals surface area (Å²) in [5, 5.41) is 8.46. The van der Waals surface area contributed by atoms with Gasteiger partial charge in [-0.2, -0.15) is 0 Å². The number of nitrogens with zero attached hydrogens (tertiary/aromatic N) is 1. The SMILES string of the molecule is CCC(SCC(=O)N(C)C1CCCCC1)C(=O)O. The van der Waals surface area contributed by atoms with Crippen molar-refractivity contribution in [1.82, 2.24) is 4.90 Å². The third-order valence-electron chi connectivity index (χ3n) is 3.57. The first kappa shape index (κ1) is 15.3. The van der Waals surface area contributed by atoms with Crippen LogP contribution in [0.3, 0.4) is 0 Å². The molecule has 0 radical (unpaired) electrons. The van der Waals surface area contributed by atoms with Crippen LogP contribution in [-0.2, 0) is 9.59 Å². The Bertz CT molecular complexity index is 290. The van der Waals surface area contributed by atoms with E-state index in [1.807, 2.05) is 18.9 Å². The zero-order valence-electron chi connectivity index (χ0n) is 11.2. The summed E-state index contributed by atoms with van der Waals surface area (Å²) in [6.45, 7) is 1.83. The number of hydrogen-bond acceptors (Lipinski definition) is 3. The number of carboxylic acids is 1. The Morgan fingerprint density at radius 3 is 2.44 bits per heavy atom. The highest BCUT2D eigenvalue weighted by atomic mass is 32.2. The Labute approximate surface area is 113 Å². The molecule has 0 aromatic carbocycles. The predicted octanol–water partition coefficient (Wildman–Crippen LogP) is 2.37. The van der Waals surface area contributed by atoms with Crippen molar-refractivity contribution in [3.63, 3.8) is 0 Å². The number of carbonyl (C=O) groups is 2. The van der Waals surface area contributed by atoms with Crippen molar-refractivity contribution < 1.29 is 14.7 Å². The molecule has 0 aliphatic heterocycles. The molecule has 1 amide bonds. The molecule has 0 spiro atoms. The lowest BCUT2D eigenvalue weighted by atomic mass is 9.94. The lowest BCUT2D eigenvalue weighted by molar-refractivity contribution is -0.136. The van der Waals surface area contributed by atoms with Gasteiger partial charge in [-0.25, -0.2) is 0 Å². The van der Waals surface area contributed by atoms with Crippen LogP contribution in [0.4, 0.5) is 0 Å². The first-order chi connectivity index (χ1) is 8.56. The minimum Gasteiger partial charge on any atom is -0.480 e. The number of aliphatic carboxylic acids is 1. The van der Waals surface area contributed by atoms with Crippen LogP contribution < -0.4 is 0 Å². The van der Waals surface area contributed by atoms with Crippen molar-refractivity contribution in [1.29, 1.82) is 0 Å². The van der Waals surface area contributed by atoms with Gasteiger partial charge in [0.25, 0.3) is 0 Å². The molecule has 1 atom stereocenters. The zero-order valence-corrected chi connectivity index (χ0v) is 12.0. The van der Waals surface area contributed by atoms with E-state index in [0.717, 1.165) is 12.8 Å². The standard InChI is InChI=1S/C13H23NO3S/c1-3-11(13(16)17)18-9-12(15)14(2)10-7-5-4-6-8-10/h10-11H,3-9H2,1-2H3,(H,16,17). The summed E-state index contributed by atoms with van der Waals surface area (Å²) in [6, 6.07) is 0.358. The maximum Gasteiger partial charge on any atom is 0.316 e. The third kappa shape index (κ3) is 4.52. The average Bonchev–Trinajstić information content (AvgIpc) is 2.39. The summed E-state index contributed by atoms with van der Waals surface area (Å²) >= 11 is 1.24. The molecule has 5 heteroatoms. The maximum absolute atomic E-state index is 12.0. The molecule has 18 heavy (non-hydrogen) atoms. The lowest BCUT2D eigenvalue weighted by Crippen LogP contribution is -2.39. The van der Waals surface area contributed by atoms with E-state index in [-0.39, 0.29) is 11.7 Å². The van der Waals surface area contributed by atoms with Gasteiger partial charge in [-0.15, -0.1) is 11.8 Å². The molecule has 1 fully saturated rings. The molecule has 1 saturated carbocycles. The molecular weight excluding hydrogens is 250 g/mol.